The normalized spacial score (nSPS) is 11.0. The fourth-order valence-corrected chi connectivity index (χ4v) is 4.89. The summed E-state index contributed by atoms with van der Waals surface area (Å²) in [5, 5.41) is 10.3. The van der Waals surface area contributed by atoms with E-state index in [1.54, 1.807) is 18.2 Å². The minimum Gasteiger partial charge on any atom is -0.318 e. The van der Waals surface area contributed by atoms with Gasteiger partial charge in [-0.25, -0.2) is 0 Å². The van der Waals surface area contributed by atoms with Crippen molar-refractivity contribution in [1.82, 2.24) is 19.3 Å². The average Bonchev–Trinajstić information content (AvgIpc) is 3.35. The molecule has 0 aliphatic rings. The number of aromatic nitrogens is 4. The molecule has 0 fully saturated rings. The summed E-state index contributed by atoms with van der Waals surface area (Å²) in [7, 11) is 0. The molecule has 0 unspecified atom stereocenters. The highest BCUT2D eigenvalue weighted by Gasteiger charge is 2.20. The van der Waals surface area contributed by atoms with Gasteiger partial charge in [0.2, 0.25) is 0 Å². The van der Waals surface area contributed by atoms with Crippen LogP contribution in [0, 0.1) is 13.8 Å². The van der Waals surface area contributed by atoms with E-state index in [4.69, 9.17) is 23.2 Å². The molecule has 8 heteroatoms. The van der Waals surface area contributed by atoms with E-state index >= 15 is 0 Å². The SMILES string of the molecule is C=CCn1c(SCC(=O)c2cc(C)n(-c3ccc(Cl)c(Cl)c3)c2C)nnc1-c1ccccc1. The zero-order valence-corrected chi connectivity index (χ0v) is 20.6. The molecule has 4 rings (SSSR count). The van der Waals surface area contributed by atoms with Crippen molar-refractivity contribution in [1.29, 1.82) is 0 Å². The van der Waals surface area contributed by atoms with E-state index in [2.05, 4.69) is 16.8 Å². The molecule has 4 aromatic rings. The van der Waals surface area contributed by atoms with Gasteiger partial charge in [-0.15, -0.1) is 16.8 Å². The summed E-state index contributed by atoms with van der Waals surface area (Å²) in [6.07, 6.45) is 1.80. The molecule has 0 atom stereocenters. The maximum Gasteiger partial charge on any atom is 0.192 e. The van der Waals surface area contributed by atoms with Gasteiger partial charge in [-0.3, -0.25) is 9.36 Å². The Bertz CT molecular complexity index is 1330. The highest BCUT2D eigenvalue weighted by Crippen LogP contribution is 2.29. The Morgan fingerprint density at radius 2 is 1.82 bits per heavy atom. The first kappa shape index (κ1) is 23.4. The van der Waals surface area contributed by atoms with Crippen LogP contribution in [0.25, 0.3) is 17.1 Å². The first-order valence-corrected chi connectivity index (χ1v) is 12.0. The van der Waals surface area contributed by atoms with Crippen LogP contribution in [0.5, 0.6) is 0 Å². The number of hydrogen-bond acceptors (Lipinski definition) is 4. The summed E-state index contributed by atoms with van der Waals surface area (Å²) in [6.45, 7) is 8.30. The number of benzene rings is 2. The third-order valence-corrected chi connectivity index (χ3v) is 6.99. The van der Waals surface area contributed by atoms with Crippen LogP contribution >= 0.6 is 35.0 Å². The molecule has 168 valence electrons. The van der Waals surface area contributed by atoms with Crippen LogP contribution in [-0.2, 0) is 6.54 Å². The Labute approximate surface area is 207 Å². The molecule has 33 heavy (non-hydrogen) atoms. The monoisotopic (exact) mass is 496 g/mol. The maximum atomic E-state index is 13.1. The quantitative estimate of drug-likeness (QED) is 0.152. The fraction of sp³-hybridized carbons (Fsp3) is 0.160. The predicted octanol–water partition coefficient (Wildman–Crippen LogP) is 6.82. The molecule has 0 N–H and O–H groups in total. The van der Waals surface area contributed by atoms with Gasteiger partial charge in [-0.2, -0.15) is 0 Å². The lowest BCUT2D eigenvalue weighted by molar-refractivity contribution is 0.102. The second-order valence-corrected chi connectivity index (χ2v) is 9.26. The van der Waals surface area contributed by atoms with Crippen LogP contribution in [-0.4, -0.2) is 30.9 Å². The number of aryl methyl sites for hydroxylation is 1. The largest absolute Gasteiger partial charge is 0.318 e. The molecular weight excluding hydrogens is 475 g/mol. The Morgan fingerprint density at radius 3 is 2.52 bits per heavy atom. The van der Waals surface area contributed by atoms with E-state index in [1.807, 2.05) is 65.4 Å². The van der Waals surface area contributed by atoms with E-state index in [0.717, 1.165) is 28.5 Å². The zero-order chi connectivity index (χ0) is 23.5. The van der Waals surface area contributed by atoms with Crippen molar-refractivity contribution in [2.24, 2.45) is 0 Å². The van der Waals surface area contributed by atoms with Gasteiger partial charge in [0, 0.05) is 34.7 Å². The molecule has 0 spiro atoms. The summed E-state index contributed by atoms with van der Waals surface area (Å²) in [5.74, 6) is 1.02. The molecule has 0 saturated carbocycles. The molecule has 0 radical (unpaired) electrons. The smallest absolute Gasteiger partial charge is 0.192 e. The topological polar surface area (TPSA) is 52.7 Å². The first-order chi connectivity index (χ1) is 15.9. The molecular formula is C25H22Cl2N4OS. The van der Waals surface area contributed by atoms with E-state index in [9.17, 15) is 4.79 Å². The van der Waals surface area contributed by atoms with Gasteiger partial charge in [0.15, 0.2) is 16.8 Å². The summed E-state index contributed by atoms with van der Waals surface area (Å²) in [5.41, 5.74) is 4.30. The summed E-state index contributed by atoms with van der Waals surface area (Å²) in [6, 6.07) is 17.2. The lowest BCUT2D eigenvalue weighted by Gasteiger charge is -2.11. The Balaban J connectivity index is 1.57. The van der Waals surface area contributed by atoms with Gasteiger partial charge in [0.05, 0.1) is 15.8 Å². The van der Waals surface area contributed by atoms with Crippen LogP contribution in [0.2, 0.25) is 10.0 Å². The number of hydrogen-bond donors (Lipinski definition) is 0. The lowest BCUT2D eigenvalue weighted by atomic mass is 10.2. The summed E-state index contributed by atoms with van der Waals surface area (Å²) >= 11 is 13.6. The Kier molecular flexibility index (Phi) is 7.08. The number of thioether (sulfide) groups is 1. The number of ketones is 1. The van der Waals surface area contributed by atoms with Crippen LogP contribution < -0.4 is 0 Å². The number of rotatable bonds is 8. The number of halogens is 2. The number of carbonyl (C=O) groups is 1. The minimum atomic E-state index is 0.0221. The molecule has 5 nitrogen and oxygen atoms in total. The third kappa shape index (κ3) is 4.78. The molecule has 2 aromatic carbocycles. The van der Waals surface area contributed by atoms with Crippen molar-refractivity contribution in [3.63, 3.8) is 0 Å². The zero-order valence-electron chi connectivity index (χ0n) is 18.3. The van der Waals surface area contributed by atoms with E-state index < -0.39 is 0 Å². The minimum absolute atomic E-state index is 0.0221. The second-order valence-electron chi connectivity index (χ2n) is 7.50. The molecule has 0 bridgehead atoms. The van der Waals surface area contributed by atoms with Gasteiger partial charge >= 0.3 is 0 Å². The van der Waals surface area contributed by atoms with Crippen LogP contribution in [0.3, 0.4) is 0 Å². The van der Waals surface area contributed by atoms with Crippen molar-refractivity contribution in [3.05, 3.63) is 94.2 Å². The van der Waals surface area contributed by atoms with Crippen molar-refractivity contribution in [2.75, 3.05) is 5.75 Å². The van der Waals surface area contributed by atoms with Gasteiger partial charge in [-0.05, 0) is 38.1 Å². The highest BCUT2D eigenvalue weighted by molar-refractivity contribution is 7.99. The first-order valence-electron chi connectivity index (χ1n) is 10.3. The molecule has 2 heterocycles. The Morgan fingerprint density at radius 1 is 1.06 bits per heavy atom. The van der Waals surface area contributed by atoms with Gasteiger partial charge < -0.3 is 4.57 Å². The Hall–Kier alpha value is -2.80. The predicted molar refractivity (Wildman–Crippen MR) is 136 cm³/mol. The van der Waals surface area contributed by atoms with E-state index in [0.29, 0.717) is 27.3 Å². The second kappa shape index (κ2) is 10.00. The number of allylic oxidation sites excluding steroid dienone is 1. The highest BCUT2D eigenvalue weighted by atomic mass is 35.5. The van der Waals surface area contributed by atoms with Gasteiger partial charge in [0.1, 0.15) is 0 Å². The van der Waals surface area contributed by atoms with Crippen LogP contribution in [0.1, 0.15) is 21.7 Å². The van der Waals surface area contributed by atoms with Crippen molar-refractivity contribution in [2.45, 2.75) is 25.5 Å². The van der Waals surface area contributed by atoms with Crippen LogP contribution in [0.4, 0.5) is 0 Å². The fourth-order valence-electron chi connectivity index (χ4n) is 3.76. The number of nitrogens with zero attached hydrogens (tertiary/aromatic N) is 4. The standard InChI is InChI=1S/C25H22Cl2N4OS/c1-4-12-30-24(18-8-6-5-7-9-18)28-29-25(30)33-15-23(32)20-13-16(2)31(17(20)3)19-10-11-21(26)22(27)14-19/h4-11,13-14H,1,12,15H2,2-3H3. The number of Topliss-reactive ketones (excluding diaryl/α,β-unsaturated/α-hetero) is 1. The molecule has 0 aliphatic carbocycles. The van der Waals surface area contributed by atoms with Gasteiger partial charge in [-0.1, -0.05) is 71.4 Å². The summed E-state index contributed by atoms with van der Waals surface area (Å²) < 4.78 is 3.98. The molecule has 0 aliphatic heterocycles. The lowest BCUT2D eigenvalue weighted by Crippen LogP contribution is -2.07. The average molecular weight is 497 g/mol. The van der Waals surface area contributed by atoms with Crippen LogP contribution in [0.15, 0.2) is 72.4 Å². The number of carbonyl (C=O) groups excluding carboxylic acids is 1. The van der Waals surface area contributed by atoms with Gasteiger partial charge in [0.25, 0.3) is 0 Å². The van der Waals surface area contributed by atoms with Crippen molar-refractivity contribution < 1.29 is 4.79 Å². The molecule has 0 amide bonds. The maximum absolute atomic E-state index is 13.1. The van der Waals surface area contributed by atoms with E-state index in [-0.39, 0.29) is 11.5 Å². The third-order valence-electron chi connectivity index (χ3n) is 5.29. The van der Waals surface area contributed by atoms with Crippen molar-refractivity contribution >= 4 is 40.7 Å². The van der Waals surface area contributed by atoms with E-state index in [1.165, 1.54) is 11.8 Å². The molecule has 0 saturated heterocycles. The summed E-state index contributed by atoms with van der Waals surface area (Å²) in [4.78, 5) is 13.1. The van der Waals surface area contributed by atoms with Crippen molar-refractivity contribution in [3.8, 4) is 17.1 Å². The molecule has 2 aromatic heterocycles.